The first kappa shape index (κ1) is 46.3. The summed E-state index contributed by atoms with van der Waals surface area (Å²) >= 11 is 0. The summed E-state index contributed by atoms with van der Waals surface area (Å²) in [5, 5.41) is 25.6. The van der Waals surface area contributed by atoms with Crippen molar-refractivity contribution in [3.63, 3.8) is 0 Å². The predicted molar refractivity (Wildman–Crippen MR) is 252 cm³/mol. The quantitative estimate of drug-likeness (QED) is 0.0609. The number of likely N-dealkylation sites (tertiary alicyclic amines) is 1. The SMILES string of the molecule is COc1nc2[nH]cc(F)c2cc1Oc1cc(N2CCC3(CC2)CN([C@H]2CCC[C@H]2c2ccccc2C(C)C)C3)ccc1C(=O)NS(=O)(=O)c1cnc(NCC2CCC(C)(O)CC2)c([N+](=O)[O-])c1. The zero-order valence-electron chi connectivity index (χ0n) is 38.4. The molecular weight excluding hydrogens is 880 g/mol. The molecule has 2 saturated carbocycles. The molecule has 2 aliphatic heterocycles. The van der Waals surface area contributed by atoms with Gasteiger partial charge in [-0.2, -0.15) is 4.98 Å². The molecule has 1 amide bonds. The molecule has 67 heavy (non-hydrogen) atoms. The van der Waals surface area contributed by atoms with Gasteiger partial charge in [0.2, 0.25) is 5.82 Å². The number of carbonyl (C=O) groups excluding carboxylic acids is 1. The van der Waals surface area contributed by atoms with Crippen molar-refractivity contribution in [2.75, 3.05) is 50.1 Å². The van der Waals surface area contributed by atoms with E-state index < -0.39 is 42.9 Å². The first-order valence-corrected chi connectivity index (χ1v) is 24.8. The predicted octanol–water partition coefficient (Wildman–Crippen LogP) is 8.64. The number of rotatable bonds is 14. The molecule has 356 valence electrons. The third kappa shape index (κ3) is 9.52. The summed E-state index contributed by atoms with van der Waals surface area (Å²) in [5.74, 6) is -0.678. The highest BCUT2D eigenvalue weighted by Crippen LogP contribution is 2.49. The van der Waals surface area contributed by atoms with Gasteiger partial charge in [-0.15, -0.1) is 0 Å². The molecule has 2 aromatic carbocycles. The molecule has 0 bridgehead atoms. The van der Waals surface area contributed by atoms with Crippen LogP contribution >= 0.6 is 0 Å². The number of aromatic amines is 1. The molecule has 4 N–H and O–H groups in total. The lowest BCUT2D eigenvalue weighted by Gasteiger charge is -2.57. The van der Waals surface area contributed by atoms with Gasteiger partial charge in [0, 0.05) is 68.8 Å². The Hall–Kier alpha value is -5.85. The lowest BCUT2D eigenvalue weighted by atomic mass is 9.70. The first-order chi connectivity index (χ1) is 32.0. The number of piperidine rings is 1. The van der Waals surface area contributed by atoms with Crippen LogP contribution in [-0.4, -0.2) is 95.7 Å². The largest absolute Gasteiger partial charge is 0.478 e. The molecule has 2 saturated heterocycles. The van der Waals surface area contributed by atoms with E-state index in [1.165, 1.54) is 49.6 Å². The third-order valence-corrected chi connectivity index (χ3v) is 16.0. The average Bonchev–Trinajstić information content (AvgIpc) is 3.93. The van der Waals surface area contributed by atoms with Crippen molar-refractivity contribution in [3.05, 3.63) is 99.6 Å². The minimum atomic E-state index is -4.72. The van der Waals surface area contributed by atoms with Crippen molar-refractivity contribution in [3.8, 4) is 17.4 Å². The Balaban J connectivity index is 0.927. The number of benzene rings is 2. The minimum absolute atomic E-state index is 0.00665. The van der Waals surface area contributed by atoms with E-state index in [1.54, 1.807) is 19.1 Å². The maximum Gasteiger partial charge on any atom is 0.312 e. The number of nitro groups is 1. The van der Waals surface area contributed by atoms with E-state index in [-0.39, 0.29) is 51.1 Å². The van der Waals surface area contributed by atoms with Gasteiger partial charge in [-0.05, 0) is 105 Å². The third-order valence-electron chi connectivity index (χ3n) is 14.7. The molecule has 0 radical (unpaired) electrons. The lowest BCUT2D eigenvalue weighted by Crippen LogP contribution is -2.63. The second-order valence-electron chi connectivity index (χ2n) is 19.6. The number of carbonyl (C=O) groups is 1. The normalized spacial score (nSPS) is 23.0. The van der Waals surface area contributed by atoms with E-state index in [4.69, 9.17) is 9.47 Å². The van der Waals surface area contributed by atoms with Gasteiger partial charge < -0.3 is 29.8 Å². The molecule has 1 spiro atoms. The highest BCUT2D eigenvalue weighted by Gasteiger charge is 2.49. The fourth-order valence-corrected chi connectivity index (χ4v) is 11.8. The highest BCUT2D eigenvalue weighted by atomic mass is 32.2. The van der Waals surface area contributed by atoms with Crippen LogP contribution in [0.2, 0.25) is 0 Å². The summed E-state index contributed by atoms with van der Waals surface area (Å²) in [7, 11) is -3.35. The second kappa shape index (κ2) is 18.3. The summed E-state index contributed by atoms with van der Waals surface area (Å²) in [6.07, 6.45) is 10.3. The number of amides is 1. The van der Waals surface area contributed by atoms with Gasteiger partial charge in [0.15, 0.2) is 5.75 Å². The maximum absolute atomic E-state index is 14.8. The van der Waals surface area contributed by atoms with E-state index in [9.17, 15) is 32.8 Å². The van der Waals surface area contributed by atoms with E-state index in [2.05, 4.69) is 68.2 Å². The van der Waals surface area contributed by atoms with Crippen molar-refractivity contribution in [2.45, 2.75) is 107 Å². The Labute approximate surface area is 389 Å². The van der Waals surface area contributed by atoms with Crippen LogP contribution in [0.15, 0.2) is 71.9 Å². The van der Waals surface area contributed by atoms with Crippen LogP contribution in [0.1, 0.15) is 112 Å². The van der Waals surface area contributed by atoms with Gasteiger partial charge in [-0.25, -0.2) is 22.5 Å². The molecule has 5 heterocycles. The number of anilines is 2. The topological polar surface area (TPSA) is 205 Å². The van der Waals surface area contributed by atoms with Crippen molar-refractivity contribution in [1.29, 1.82) is 0 Å². The minimum Gasteiger partial charge on any atom is -0.478 e. The molecular formula is C49H59FN8O8S. The number of halogens is 1. The van der Waals surface area contributed by atoms with E-state index >= 15 is 0 Å². The summed E-state index contributed by atoms with van der Waals surface area (Å²) in [5.41, 5.74) is 2.62. The van der Waals surface area contributed by atoms with Gasteiger partial charge >= 0.3 is 5.69 Å². The zero-order valence-corrected chi connectivity index (χ0v) is 39.2. The smallest absolute Gasteiger partial charge is 0.312 e. The van der Waals surface area contributed by atoms with Crippen LogP contribution < -0.4 is 24.4 Å². The summed E-state index contributed by atoms with van der Waals surface area (Å²) < 4.78 is 56.2. The molecule has 18 heteroatoms. The summed E-state index contributed by atoms with van der Waals surface area (Å²) in [6, 6.07) is 16.6. The van der Waals surface area contributed by atoms with Crippen molar-refractivity contribution >= 4 is 44.2 Å². The monoisotopic (exact) mass is 938 g/mol. The molecule has 3 aromatic heterocycles. The fourth-order valence-electron chi connectivity index (χ4n) is 10.9. The second-order valence-corrected chi connectivity index (χ2v) is 21.3. The van der Waals surface area contributed by atoms with Crippen LogP contribution in [0.3, 0.4) is 0 Å². The zero-order chi connectivity index (χ0) is 47.3. The summed E-state index contributed by atoms with van der Waals surface area (Å²) in [4.78, 5) is 41.0. The number of H-pyrrole nitrogens is 1. The van der Waals surface area contributed by atoms with Crippen molar-refractivity contribution in [2.24, 2.45) is 11.3 Å². The first-order valence-electron chi connectivity index (χ1n) is 23.3. The molecule has 9 rings (SSSR count). The van der Waals surface area contributed by atoms with Crippen molar-refractivity contribution < 1.29 is 37.1 Å². The molecule has 4 aliphatic rings. The van der Waals surface area contributed by atoms with Gasteiger partial charge in [-0.3, -0.25) is 19.8 Å². The van der Waals surface area contributed by atoms with E-state index in [1.807, 2.05) is 4.72 Å². The number of hydrogen-bond donors (Lipinski definition) is 4. The maximum atomic E-state index is 14.8. The van der Waals surface area contributed by atoms with Crippen LogP contribution in [-0.2, 0) is 10.0 Å². The number of sulfonamides is 1. The summed E-state index contributed by atoms with van der Waals surface area (Å²) in [6.45, 7) is 10.3. The van der Waals surface area contributed by atoms with Gasteiger partial charge in [-0.1, -0.05) is 44.5 Å². The van der Waals surface area contributed by atoms with E-state index in [0.29, 0.717) is 50.1 Å². The molecule has 0 unspecified atom stereocenters. The van der Waals surface area contributed by atoms with E-state index in [0.717, 1.165) is 63.2 Å². The molecule has 4 fully saturated rings. The number of hydrogen-bond acceptors (Lipinski definition) is 13. The number of nitrogens with zero attached hydrogens (tertiary/aromatic N) is 5. The van der Waals surface area contributed by atoms with Crippen LogP contribution in [0, 0.1) is 27.3 Å². The Morgan fingerprint density at radius 2 is 1.79 bits per heavy atom. The van der Waals surface area contributed by atoms with Crippen LogP contribution in [0.4, 0.5) is 21.6 Å². The Morgan fingerprint density at radius 1 is 1.04 bits per heavy atom. The number of aliphatic hydroxyl groups is 1. The number of ether oxygens (including phenoxy) is 2. The molecule has 2 atom stereocenters. The van der Waals surface area contributed by atoms with Gasteiger partial charge in [0.05, 0.1) is 34.8 Å². The number of fused-ring (bicyclic) bond motifs is 1. The Morgan fingerprint density at radius 3 is 2.51 bits per heavy atom. The highest BCUT2D eigenvalue weighted by molar-refractivity contribution is 7.90. The van der Waals surface area contributed by atoms with Gasteiger partial charge in [0.1, 0.15) is 22.1 Å². The van der Waals surface area contributed by atoms with Gasteiger partial charge in [0.25, 0.3) is 21.8 Å². The molecule has 16 nitrogen and oxygen atoms in total. The Kier molecular flexibility index (Phi) is 12.7. The standard InChI is InChI=1S/C49H59FN8O8S/c1-30(2)34-8-5-6-9-35(34)36-10-7-11-40(36)57-28-49(29-57)18-20-56(21-19-49)32-12-13-37(42(22-32)66-43-24-38-39(50)27-53-44(38)54-47(43)65-4)46(59)55-67(63,64)33-23-41(58(61)62)45(52-26-33)51-25-31-14-16-48(3,60)17-15-31/h5-6,8-9,12-13,22-24,26-27,30-31,36,40,60H,7,10-11,14-21,25,28-29H2,1-4H3,(H,51,52)(H,53,54)(H,55,59)/t31?,36-,40-,48?/m0/s1. The number of pyridine rings is 2. The lowest BCUT2D eigenvalue weighted by molar-refractivity contribution is -0.384. The van der Waals surface area contributed by atoms with Crippen LogP contribution in [0.25, 0.3) is 11.0 Å². The number of methoxy groups -OCH3 is 1. The average molecular weight is 939 g/mol. The fraction of sp³-hybridized carbons (Fsp3) is 0.490. The Bertz CT molecular complexity index is 2770. The van der Waals surface area contributed by atoms with Crippen LogP contribution in [0.5, 0.6) is 17.4 Å². The molecule has 2 aliphatic carbocycles. The van der Waals surface area contributed by atoms with Crippen molar-refractivity contribution in [1.82, 2.24) is 24.6 Å². The number of nitrogens with one attached hydrogen (secondary N) is 3. The number of aromatic nitrogens is 3. The molecule has 5 aromatic rings.